The molecule has 0 fully saturated rings. The van der Waals surface area contributed by atoms with Crippen molar-refractivity contribution in [2.45, 2.75) is 13.0 Å². The first-order valence-electron chi connectivity index (χ1n) is 8.19. The van der Waals surface area contributed by atoms with Gasteiger partial charge in [0.2, 0.25) is 5.88 Å². The maximum atomic E-state index is 12.6. The van der Waals surface area contributed by atoms with Gasteiger partial charge in [-0.2, -0.15) is 0 Å². The van der Waals surface area contributed by atoms with Gasteiger partial charge in [0.05, 0.1) is 18.6 Å². The lowest BCUT2D eigenvalue weighted by Gasteiger charge is -2.23. The van der Waals surface area contributed by atoms with Crippen LogP contribution in [0.5, 0.6) is 5.88 Å². The summed E-state index contributed by atoms with van der Waals surface area (Å²) in [7, 11) is 1.56. The Kier molecular flexibility index (Phi) is 7.11. The average molecular weight is 358 g/mol. The molecular weight excluding hydrogens is 336 g/mol. The highest BCUT2D eigenvalue weighted by Crippen LogP contribution is 2.23. The number of aromatic nitrogens is 1. The number of benzene rings is 1. The molecule has 2 rings (SSSR count). The number of carbonyl (C=O) groups is 2. The fourth-order valence-corrected chi connectivity index (χ4v) is 2.38. The van der Waals surface area contributed by atoms with E-state index in [-0.39, 0.29) is 0 Å². The van der Waals surface area contributed by atoms with Gasteiger partial charge in [0, 0.05) is 24.9 Å². The molecule has 1 heterocycles. The number of rotatable bonds is 9. The third kappa shape index (κ3) is 5.29. The summed E-state index contributed by atoms with van der Waals surface area (Å²) < 4.78 is 10.3. The Bertz CT molecular complexity index is 736. The molecule has 2 atom stereocenters. The van der Waals surface area contributed by atoms with Crippen LogP contribution in [0.15, 0.2) is 48.7 Å². The van der Waals surface area contributed by atoms with Gasteiger partial charge < -0.3 is 19.9 Å². The van der Waals surface area contributed by atoms with Crippen LogP contribution < -0.4 is 10.1 Å². The molecule has 7 heteroatoms. The van der Waals surface area contributed by atoms with Crippen molar-refractivity contribution in [2.75, 3.05) is 20.3 Å². The van der Waals surface area contributed by atoms with E-state index in [1.807, 2.05) is 6.07 Å². The van der Waals surface area contributed by atoms with E-state index < -0.39 is 23.8 Å². The maximum absolute atomic E-state index is 12.6. The zero-order valence-electron chi connectivity index (χ0n) is 14.7. The number of aliphatic carboxylic acids is 1. The number of nitrogens with one attached hydrogen (secondary N) is 1. The summed E-state index contributed by atoms with van der Waals surface area (Å²) in [6.45, 7) is 2.29. The number of hydrogen-bond acceptors (Lipinski definition) is 5. The van der Waals surface area contributed by atoms with E-state index in [1.54, 1.807) is 44.4 Å². The van der Waals surface area contributed by atoms with Crippen molar-refractivity contribution in [3.8, 4) is 5.88 Å². The summed E-state index contributed by atoms with van der Waals surface area (Å²) in [4.78, 5) is 28.1. The van der Waals surface area contributed by atoms with Gasteiger partial charge in [-0.25, -0.2) is 4.98 Å². The lowest BCUT2D eigenvalue weighted by Crippen LogP contribution is -2.35. The van der Waals surface area contributed by atoms with E-state index in [2.05, 4.69) is 10.3 Å². The van der Waals surface area contributed by atoms with E-state index in [0.29, 0.717) is 24.7 Å². The second kappa shape index (κ2) is 9.53. The molecule has 0 aliphatic heterocycles. The van der Waals surface area contributed by atoms with Crippen LogP contribution in [0.1, 0.15) is 28.9 Å². The van der Waals surface area contributed by atoms with Crippen LogP contribution in [0.4, 0.5) is 0 Å². The molecule has 0 saturated carbocycles. The molecule has 2 unspecified atom stereocenters. The molecule has 1 aromatic carbocycles. The zero-order valence-corrected chi connectivity index (χ0v) is 14.7. The Morgan fingerprint density at radius 2 is 1.92 bits per heavy atom. The molecule has 26 heavy (non-hydrogen) atoms. The number of pyridine rings is 1. The third-order valence-corrected chi connectivity index (χ3v) is 3.87. The number of carboxylic acid groups (broad SMARTS) is 1. The van der Waals surface area contributed by atoms with Crippen molar-refractivity contribution >= 4 is 11.9 Å². The highest BCUT2D eigenvalue weighted by molar-refractivity contribution is 5.95. The molecule has 0 aliphatic rings. The Morgan fingerprint density at radius 3 is 2.58 bits per heavy atom. The van der Waals surface area contributed by atoms with Gasteiger partial charge >= 0.3 is 5.97 Å². The molecule has 2 N–H and O–H groups in total. The van der Waals surface area contributed by atoms with Crippen molar-refractivity contribution in [1.29, 1.82) is 0 Å². The average Bonchev–Trinajstić information content (AvgIpc) is 2.66. The topological polar surface area (TPSA) is 97.8 Å². The molecule has 2 aromatic rings. The van der Waals surface area contributed by atoms with E-state index in [4.69, 9.17) is 9.47 Å². The highest BCUT2D eigenvalue weighted by atomic mass is 16.5. The van der Waals surface area contributed by atoms with Crippen LogP contribution in [0.2, 0.25) is 0 Å². The summed E-state index contributed by atoms with van der Waals surface area (Å²) in [5.41, 5.74) is 1.06. The number of amides is 1. The van der Waals surface area contributed by atoms with Gasteiger partial charge in [0.15, 0.2) is 0 Å². The van der Waals surface area contributed by atoms with Crippen molar-refractivity contribution in [3.05, 3.63) is 59.8 Å². The van der Waals surface area contributed by atoms with Crippen LogP contribution in [-0.4, -0.2) is 42.3 Å². The van der Waals surface area contributed by atoms with E-state index in [1.165, 1.54) is 12.3 Å². The van der Waals surface area contributed by atoms with E-state index in [9.17, 15) is 14.7 Å². The molecule has 0 saturated heterocycles. The number of nitrogens with zero attached hydrogens (tertiary/aromatic N) is 1. The summed E-state index contributed by atoms with van der Waals surface area (Å²) in [6, 6.07) is 11.4. The standard InChI is InChI=1S/C19H22N2O5/c1-13(19(23)24)17(14-6-4-3-5-7-14)21-18(22)15-8-9-20-16(12-15)26-11-10-25-2/h3-9,12-13,17H,10-11H2,1-2H3,(H,21,22)(H,23,24). The molecule has 0 spiro atoms. The van der Waals surface area contributed by atoms with Crippen molar-refractivity contribution in [1.82, 2.24) is 10.3 Å². The Morgan fingerprint density at radius 1 is 1.19 bits per heavy atom. The molecule has 138 valence electrons. The molecular formula is C19H22N2O5. The Labute approximate surface area is 152 Å². The SMILES string of the molecule is COCCOc1cc(C(=O)NC(c2ccccc2)C(C)C(=O)O)ccn1. The van der Waals surface area contributed by atoms with Crippen molar-refractivity contribution in [3.63, 3.8) is 0 Å². The largest absolute Gasteiger partial charge is 0.481 e. The first-order valence-corrected chi connectivity index (χ1v) is 8.19. The summed E-state index contributed by atoms with van der Waals surface area (Å²) >= 11 is 0. The van der Waals surface area contributed by atoms with Crippen LogP contribution in [0.3, 0.4) is 0 Å². The van der Waals surface area contributed by atoms with Crippen molar-refractivity contribution < 1.29 is 24.2 Å². The van der Waals surface area contributed by atoms with Gasteiger partial charge in [0.25, 0.3) is 5.91 Å². The van der Waals surface area contributed by atoms with Crippen molar-refractivity contribution in [2.24, 2.45) is 5.92 Å². The smallest absolute Gasteiger partial charge is 0.308 e. The van der Waals surface area contributed by atoms with Gasteiger partial charge in [-0.1, -0.05) is 30.3 Å². The fourth-order valence-electron chi connectivity index (χ4n) is 2.38. The van der Waals surface area contributed by atoms with Gasteiger partial charge in [-0.15, -0.1) is 0 Å². The number of carboxylic acids is 1. The molecule has 1 amide bonds. The van der Waals surface area contributed by atoms with Crippen LogP contribution in [0, 0.1) is 5.92 Å². The molecule has 0 radical (unpaired) electrons. The number of methoxy groups -OCH3 is 1. The lowest BCUT2D eigenvalue weighted by molar-refractivity contribution is -0.142. The Hall–Kier alpha value is -2.93. The van der Waals surface area contributed by atoms with Crippen LogP contribution in [-0.2, 0) is 9.53 Å². The quantitative estimate of drug-likeness (QED) is 0.668. The van der Waals surface area contributed by atoms with Gasteiger partial charge in [0.1, 0.15) is 6.61 Å². The summed E-state index contributed by atoms with van der Waals surface area (Å²) in [5.74, 6) is -1.87. The highest BCUT2D eigenvalue weighted by Gasteiger charge is 2.27. The predicted octanol–water partition coefficient (Wildman–Crippen LogP) is 2.30. The maximum Gasteiger partial charge on any atom is 0.308 e. The summed E-state index contributed by atoms with van der Waals surface area (Å²) in [6.07, 6.45) is 1.47. The van der Waals surface area contributed by atoms with E-state index in [0.717, 1.165) is 5.56 Å². The first-order chi connectivity index (χ1) is 12.5. The predicted molar refractivity (Wildman–Crippen MR) is 95.1 cm³/mol. The number of ether oxygens (including phenoxy) is 2. The zero-order chi connectivity index (χ0) is 18.9. The third-order valence-electron chi connectivity index (χ3n) is 3.87. The second-order valence-corrected chi connectivity index (χ2v) is 5.71. The number of hydrogen-bond donors (Lipinski definition) is 2. The first kappa shape index (κ1) is 19.4. The molecule has 1 aromatic heterocycles. The van der Waals surface area contributed by atoms with E-state index >= 15 is 0 Å². The van der Waals surface area contributed by atoms with Gasteiger partial charge in [-0.3, -0.25) is 9.59 Å². The Balaban J connectivity index is 2.16. The van der Waals surface area contributed by atoms with Crippen LogP contribution >= 0.6 is 0 Å². The minimum absolute atomic E-state index is 0.303. The minimum atomic E-state index is -0.988. The molecule has 0 aliphatic carbocycles. The normalized spacial score (nSPS) is 12.8. The molecule has 0 bridgehead atoms. The van der Waals surface area contributed by atoms with Gasteiger partial charge in [-0.05, 0) is 18.6 Å². The monoisotopic (exact) mass is 358 g/mol. The van der Waals surface area contributed by atoms with Crippen LogP contribution in [0.25, 0.3) is 0 Å². The fraction of sp³-hybridized carbons (Fsp3) is 0.316. The number of carbonyl (C=O) groups excluding carboxylic acids is 1. The second-order valence-electron chi connectivity index (χ2n) is 5.71. The molecule has 7 nitrogen and oxygen atoms in total. The minimum Gasteiger partial charge on any atom is -0.481 e. The summed E-state index contributed by atoms with van der Waals surface area (Å²) in [5, 5.41) is 12.2. The lowest BCUT2D eigenvalue weighted by atomic mass is 9.94.